The predicted octanol–water partition coefficient (Wildman–Crippen LogP) is 4.52. The highest BCUT2D eigenvalue weighted by atomic mass is 19.1. The Balaban J connectivity index is 1.54. The number of hydrogen-bond acceptors (Lipinski definition) is 6. The van der Waals surface area contributed by atoms with Crippen LogP contribution in [-0.2, 0) is 6.54 Å². The molecule has 0 aromatic heterocycles. The van der Waals surface area contributed by atoms with Crippen molar-refractivity contribution < 1.29 is 33.7 Å². The summed E-state index contributed by atoms with van der Waals surface area (Å²) in [5.41, 5.74) is 2.18. The zero-order valence-corrected chi connectivity index (χ0v) is 23.7. The van der Waals surface area contributed by atoms with Gasteiger partial charge in [0.1, 0.15) is 17.7 Å². The van der Waals surface area contributed by atoms with Gasteiger partial charge in [0, 0.05) is 36.9 Å². The molecule has 11 heteroatoms. The Morgan fingerprint density at radius 2 is 1.71 bits per heavy atom. The van der Waals surface area contributed by atoms with Crippen LogP contribution < -0.4 is 15.4 Å². The van der Waals surface area contributed by atoms with E-state index in [1.54, 1.807) is 54.3 Å². The van der Waals surface area contributed by atoms with Gasteiger partial charge >= 0.3 is 12.0 Å². The molecule has 1 heterocycles. The van der Waals surface area contributed by atoms with Crippen molar-refractivity contribution in [3.05, 3.63) is 89.2 Å². The quantitative estimate of drug-likeness (QED) is 0.294. The highest BCUT2D eigenvalue weighted by Gasteiger charge is 2.33. The topological polar surface area (TPSA) is 131 Å². The van der Waals surface area contributed by atoms with Gasteiger partial charge in [0.05, 0.1) is 23.8 Å². The average molecular weight is 579 g/mol. The van der Waals surface area contributed by atoms with Gasteiger partial charge < -0.3 is 30.5 Å². The Kier molecular flexibility index (Phi) is 9.76. The van der Waals surface area contributed by atoms with Gasteiger partial charge in [0.15, 0.2) is 0 Å². The SMILES string of the molecule is C[C@@H]1CN([C@H](C)CO)C(=O)c2cc(NC(=O)Nc3ccc(F)cc3)ccc2O[C@@H]1CN(C)Cc1ccc(C(=O)O)cc1. The summed E-state index contributed by atoms with van der Waals surface area (Å²) in [4.78, 5) is 41.1. The van der Waals surface area contributed by atoms with Crippen LogP contribution in [0.1, 0.15) is 40.1 Å². The summed E-state index contributed by atoms with van der Waals surface area (Å²) in [6, 6.07) is 15.8. The first-order chi connectivity index (χ1) is 20.0. The summed E-state index contributed by atoms with van der Waals surface area (Å²) in [6.45, 7) is 4.95. The van der Waals surface area contributed by atoms with Gasteiger partial charge in [0.25, 0.3) is 5.91 Å². The number of rotatable bonds is 9. The zero-order chi connectivity index (χ0) is 30.4. The van der Waals surface area contributed by atoms with Crippen LogP contribution in [0.4, 0.5) is 20.6 Å². The molecular formula is C31H35FN4O6. The number of aliphatic hydroxyl groups excluding tert-OH is 1. The first-order valence-corrected chi connectivity index (χ1v) is 13.6. The van der Waals surface area contributed by atoms with Crippen LogP contribution in [0.3, 0.4) is 0 Å². The van der Waals surface area contributed by atoms with Crippen molar-refractivity contribution in [3.8, 4) is 5.75 Å². The van der Waals surface area contributed by atoms with Crippen molar-refractivity contribution in [1.29, 1.82) is 0 Å². The van der Waals surface area contributed by atoms with E-state index in [0.717, 1.165) is 5.56 Å². The van der Waals surface area contributed by atoms with E-state index in [9.17, 15) is 23.9 Å². The largest absolute Gasteiger partial charge is 0.488 e. The van der Waals surface area contributed by atoms with Crippen molar-refractivity contribution in [1.82, 2.24) is 9.80 Å². The molecule has 4 N–H and O–H groups in total. The number of fused-ring (bicyclic) bond motifs is 1. The van der Waals surface area contributed by atoms with E-state index >= 15 is 0 Å². The molecule has 0 bridgehead atoms. The molecule has 0 spiro atoms. The minimum Gasteiger partial charge on any atom is -0.488 e. The number of nitrogens with zero attached hydrogens (tertiary/aromatic N) is 2. The Bertz CT molecular complexity index is 1420. The van der Waals surface area contributed by atoms with E-state index in [1.165, 1.54) is 24.3 Å². The minimum absolute atomic E-state index is 0.0905. The molecule has 1 aliphatic heterocycles. The summed E-state index contributed by atoms with van der Waals surface area (Å²) in [5.74, 6) is -1.46. The number of amides is 3. The molecule has 3 amide bonds. The number of carbonyl (C=O) groups excluding carboxylic acids is 2. The van der Waals surface area contributed by atoms with Crippen molar-refractivity contribution in [2.45, 2.75) is 32.5 Å². The minimum atomic E-state index is -0.978. The fourth-order valence-electron chi connectivity index (χ4n) is 4.78. The second-order valence-electron chi connectivity index (χ2n) is 10.6. The Morgan fingerprint density at radius 1 is 1.07 bits per heavy atom. The lowest BCUT2D eigenvalue weighted by atomic mass is 9.99. The van der Waals surface area contributed by atoms with Gasteiger partial charge in [-0.2, -0.15) is 0 Å². The molecule has 4 rings (SSSR count). The number of hydrogen-bond donors (Lipinski definition) is 4. The summed E-state index contributed by atoms with van der Waals surface area (Å²) in [6.07, 6.45) is -0.325. The van der Waals surface area contributed by atoms with Crippen LogP contribution in [0.15, 0.2) is 66.7 Å². The van der Waals surface area contributed by atoms with E-state index in [1.807, 2.05) is 14.0 Å². The molecule has 10 nitrogen and oxygen atoms in total. The number of aliphatic hydroxyl groups is 1. The van der Waals surface area contributed by atoms with Gasteiger partial charge in [0.2, 0.25) is 0 Å². The average Bonchev–Trinajstić information content (AvgIpc) is 2.96. The zero-order valence-electron chi connectivity index (χ0n) is 23.7. The number of carboxylic acid groups (broad SMARTS) is 1. The molecule has 0 unspecified atom stereocenters. The normalized spacial score (nSPS) is 17.5. The number of likely N-dealkylation sites (N-methyl/N-ethyl adjacent to an activating group) is 1. The fraction of sp³-hybridized carbons (Fsp3) is 0.323. The van der Waals surface area contributed by atoms with Crippen LogP contribution in [-0.4, -0.2) is 76.8 Å². The van der Waals surface area contributed by atoms with Crippen LogP contribution in [0, 0.1) is 11.7 Å². The Hall–Kier alpha value is -4.48. The standard InChI is InChI=1S/C31H35FN4O6/c1-19-15-36(20(2)18-37)29(38)26-14-25(34-31(41)33-24-10-8-23(32)9-11-24)12-13-27(26)42-28(19)17-35(3)16-21-4-6-22(7-5-21)30(39)40/h4-14,19-20,28,37H,15-18H2,1-3H3,(H,39,40)(H2,33,34,41)/t19-,20-,28-/m1/s1. The molecule has 0 fully saturated rings. The second kappa shape index (κ2) is 13.5. The highest BCUT2D eigenvalue weighted by molar-refractivity contribution is 6.02. The molecule has 0 saturated carbocycles. The molecule has 3 aromatic carbocycles. The Morgan fingerprint density at radius 3 is 2.36 bits per heavy atom. The molecule has 0 radical (unpaired) electrons. The maximum Gasteiger partial charge on any atom is 0.335 e. The number of halogens is 1. The lowest BCUT2D eigenvalue weighted by molar-refractivity contribution is 0.0341. The summed E-state index contributed by atoms with van der Waals surface area (Å²) in [7, 11) is 1.94. The monoisotopic (exact) mass is 578 g/mol. The van der Waals surface area contributed by atoms with Gasteiger partial charge in [-0.3, -0.25) is 9.69 Å². The first-order valence-electron chi connectivity index (χ1n) is 13.6. The van der Waals surface area contributed by atoms with E-state index in [-0.39, 0.29) is 35.7 Å². The summed E-state index contributed by atoms with van der Waals surface area (Å²) < 4.78 is 19.6. The fourth-order valence-corrected chi connectivity index (χ4v) is 4.78. The number of benzene rings is 3. The van der Waals surface area contributed by atoms with E-state index < -0.39 is 23.9 Å². The third-order valence-corrected chi connectivity index (χ3v) is 7.17. The van der Waals surface area contributed by atoms with Crippen LogP contribution in [0.5, 0.6) is 5.75 Å². The third-order valence-electron chi connectivity index (χ3n) is 7.17. The number of aromatic carboxylic acids is 1. The summed E-state index contributed by atoms with van der Waals surface area (Å²) in [5, 5.41) is 24.4. The van der Waals surface area contributed by atoms with E-state index in [2.05, 4.69) is 15.5 Å². The van der Waals surface area contributed by atoms with Gasteiger partial charge in [-0.15, -0.1) is 0 Å². The summed E-state index contributed by atoms with van der Waals surface area (Å²) >= 11 is 0. The number of urea groups is 1. The first kappa shape index (κ1) is 30.5. The van der Waals surface area contributed by atoms with Crippen LogP contribution in [0.2, 0.25) is 0 Å². The number of ether oxygens (including phenoxy) is 1. The van der Waals surface area contributed by atoms with Crippen LogP contribution >= 0.6 is 0 Å². The number of nitrogens with one attached hydrogen (secondary N) is 2. The molecule has 222 valence electrons. The van der Waals surface area contributed by atoms with Gasteiger partial charge in [-0.1, -0.05) is 19.1 Å². The number of anilines is 2. The maximum atomic E-state index is 13.7. The van der Waals surface area contributed by atoms with Crippen molar-refractivity contribution in [2.75, 3.05) is 37.4 Å². The van der Waals surface area contributed by atoms with E-state index in [4.69, 9.17) is 9.84 Å². The molecule has 3 aromatic rings. The second-order valence-corrected chi connectivity index (χ2v) is 10.6. The van der Waals surface area contributed by atoms with Gasteiger partial charge in [-0.25, -0.2) is 14.0 Å². The van der Waals surface area contributed by atoms with Crippen LogP contribution in [0.25, 0.3) is 0 Å². The lowest BCUT2D eigenvalue weighted by Crippen LogP contribution is -2.49. The smallest absolute Gasteiger partial charge is 0.335 e. The molecule has 42 heavy (non-hydrogen) atoms. The number of carboxylic acids is 1. The molecule has 0 saturated heterocycles. The van der Waals surface area contributed by atoms with Crippen molar-refractivity contribution in [3.63, 3.8) is 0 Å². The molecular weight excluding hydrogens is 543 g/mol. The van der Waals surface area contributed by atoms with Crippen molar-refractivity contribution in [2.24, 2.45) is 5.92 Å². The molecule has 1 aliphatic rings. The third kappa shape index (κ3) is 7.62. The lowest BCUT2D eigenvalue weighted by Gasteiger charge is -2.38. The maximum absolute atomic E-state index is 13.7. The van der Waals surface area contributed by atoms with Gasteiger partial charge in [-0.05, 0) is 74.1 Å². The predicted molar refractivity (Wildman–Crippen MR) is 156 cm³/mol. The Labute approximate surface area is 243 Å². The molecule has 3 atom stereocenters. The van der Waals surface area contributed by atoms with Crippen molar-refractivity contribution >= 4 is 29.3 Å². The molecule has 0 aliphatic carbocycles. The highest BCUT2D eigenvalue weighted by Crippen LogP contribution is 2.31. The number of carbonyl (C=O) groups is 3. The van der Waals surface area contributed by atoms with E-state index in [0.29, 0.717) is 36.8 Å².